The summed E-state index contributed by atoms with van der Waals surface area (Å²) < 4.78 is 16.9. The molecule has 0 radical (unpaired) electrons. The van der Waals surface area contributed by atoms with Gasteiger partial charge in [-0.3, -0.25) is 4.79 Å². The molecule has 2 fully saturated rings. The molecule has 32 heavy (non-hydrogen) atoms. The van der Waals surface area contributed by atoms with Crippen molar-refractivity contribution in [3.05, 3.63) is 30.3 Å². The molecule has 2 aliphatic rings. The first-order valence-electron chi connectivity index (χ1n) is 10.2. The summed E-state index contributed by atoms with van der Waals surface area (Å²) in [6, 6.07) is 8.20. The van der Waals surface area contributed by atoms with Gasteiger partial charge in [-0.15, -0.1) is 0 Å². The minimum Gasteiger partial charge on any atom is -0.394 e. The van der Waals surface area contributed by atoms with Crippen LogP contribution in [0.15, 0.2) is 35.2 Å². The summed E-state index contributed by atoms with van der Waals surface area (Å²) in [5, 5.41) is 63.1. The van der Waals surface area contributed by atoms with Gasteiger partial charge in [0.25, 0.3) is 0 Å². The Morgan fingerprint density at radius 2 is 1.62 bits per heavy atom. The van der Waals surface area contributed by atoms with Crippen LogP contribution in [0.1, 0.15) is 6.92 Å². The largest absolute Gasteiger partial charge is 0.394 e. The smallest absolute Gasteiger partial charge is 0.217 e. The van der Waals surface area contributed by atoms with Crippen LogP contribution in [0.5, 0.6) is 0 Å². The highest BCUT2D eigenvalue weighted by atomic mass is 32.2. The molecule has 2 heterocycles. The first-order chi connectivity index (χ1) is 15.3. The Kier molecular flexibility index (Phi) is 8.86. The lowest BCUT2D eigenvalue weighted by atomic mass is 9.96. The topological polar surface area (TPSA) is 178 Å². The van der Waals surface area contributed by atoms with Crippen molar-refractivity contribution in [1.82, 2.24) is 5.32 Å². The van der Waals surface area contributed by atoms with Gasteiger partial charge in [0, 0.05) is 11.8 Å². The van der Waals surface area contributed by atoms with E-state index in [4.69, 9.17) is 14.2 Å². The third kappa shape index (κ3) is 5.59. The molecular formula is C20H29NO10S. The number of carbonyl (C=O) groups is 1. The zero-order valence-corrected chi connectivity index (χ0v) is 18.1. The zero-order chi connectivity index (χ0) is 23.4. The van der Waals surface area contributed by atoms with Gasteiger partial charge in [-0.25, -0.2) is 0 Å². The molecule has 0 aliphatic carbocycles. The first-order valence-corrected chi connectivity index (χ1v) is 11.0. The Balaban J connectivity index is 1.80. The van der Waals surface area contributed by atoms with Crippen LogP contribution in [0.25, 0.3) is 0 Å². The van der Waals surface area contributed by atoms with Crippen molar-refractivity contribution >= 4 is 17.7 Å². The third-order valence-corrected chi connectivity index (χ3v) is 6.54. The van der Waals surface area contributed by atoms with E-state index >= 15 is 0 Å². The number of nitrogens with one attached hydrogen (secondary N) is 1. The van der Waals surface area contributed by atoms with Crippen LogP contribution in [-0.4, -0.2) is 110 Å². The van der Waals surface area contributed by atoms with Crippen LogP contribution in [0, 0.1) is 0 Å². The van der Waals surface area contributed by atoms with Crippen molar-refractivity contribution in [1.29, 1.82) is 0 Å². The molecule has 180 valence electrons. The lowest BCUT2D eigenvalue weighted by Crippen LogP contribution is -2.66. The maximum absolute atomic E-state index is 11.8. The molecule has 0 unspecified atom stereocenters. The second kappa shape index (κ2) is 11.2. The van der Waals surface area contributed by atoms with Crippen molar-refractivity contribution in [2.24, 2.45) is 0 Å². The third-order valence-electron chi connectivity index (χ3n) is 5.36. The van der Waals surface area contributed by atoms with Crippen molar-refractivity contribution in [3.63, 3.8) is 0 Å². The summed E-state index contributed by atoms with van der Waals surface area (Å²) in [6.07, 6.45) is -11.4. The van der Waals surface area contributed by atoms with E-state index in [0.29, 0.717) is 0 Å². The molecule has 2 aliphatic heterocycles. The Labute approximate surface area is 188 Å². The van der Waals surface area contributed by atoms with Gasteiger partial charge in [0.15, 0.2) is 6.29 Å². The standard InChI is InChI=1S/C20H29NO10S/c1-9(24)21-13-15(26)18(31-19-17(28)16(27)14(25)11(7-22)29-19)12(8-23)30-20(13)32-10-5-3-2-4-6-10/h2-6,11-20,22-23,25-28H,7-8H2,1H3,(H,21,24)/t11-,12-,13-,14+,15-,16+,17-,18-,19+,20+/m1/s1. The van der Waals surface area contributed by atoms with Gasteiger partial charge in [0.1, 0.15) is 48.2 Å². The zero-order valence-electron chi connectivity index (χ0n) is 17.3. The highest BCUT2D eigenvalue weighted by molar-refractivity contribution is 7.99. The minimum absolute atomic E-state index is 0.426. The second-order valence-corrected chi connectivity index (χ2v) is 8.84. The lowest BCUT2D eigenvalue weighted by molar-refractivity contribution is -0.333. The van der Waals surface area contributed by atoms with Gasteiger partial charge in [-0.2, -0.15) is 0 Å². The maximum Gasteiger partial charge on any atom is 0.217 e. The van der Waals surface area contributed by atoms with Gasteiger partial charge in [0.2, 0.25) is 5.91 Å². The fourth-order valence-electron chi connectivity index (χ4n) is 3.69. The number of ether oxygens (including phenoxy) is 3. The normalized spacial score (nSPS) is 40.1. The quantitative estimate of drug-likeness (QED) is 0.223. The van der Waals surface area contributed by atoms with Gasteiger partial charge >= 0.3 is 0 Å². The number of aliphatic hydroxyl groups excluding tert-OH is 6. The van der Waals surface area contributed by atoms with Crippen LogP contribution in [0.4, 0.5) is 0 Å². The monoisotopic (exact) mass is 475 g/mol. The number of rotatable bonds is 7. The predicted molar refractivity (Wildman–Crippen MR) is 110 cm³/mol. The molecule has 0 aromatic heterocycles. The molecule has 12 heteroatoms. The molecular weight excluding hydrogens is 446 g/mol. The summed E-state index contributed by atoms with van der Waals surface area (Å²) >= 11 is 1.24. The predicted octanol–water partition coefficient (Wildman–Crippen LogP) is -2.45. The van der Waals surface area contributed by atoms with Crippen molar-refractivity contribution in [3.8, 4) is 0 Å². The SMILES string of the molecule is CC(=O)N[C@@H]1[C@@H](O)[C@H](O[C@@H]2O[C@H](CO)[C@H](O)[C@H](O)[C@H]2O)[C@@H](CO)O[C@H]1Sc1ccccc1. The van der Waals surface area contributed by atoms with Gasteiger partial charge in [-0.05, 0) is 12.1 Å². The molecule has 11 nitrogen and oxygen atoms in total. The summed E-state index contributed by atoms with van der Waals surface area (Å²) in [6.45, 7) is 0.0720. The Morgan fingerprint density at radius 1 is 0.969 bits per heavy atom. The van der Waals surface area contributed by atoms with E-state index in [1.165, 1.54) is 18.7 Å². The van der Waals surface area contributed by atoms with E-state index in [1.807, 2.05) is 30.3 Å². The lowest BCUT2D eigenvalue weighted by Gasteiger charge is -2.47. The molecule has 7 N–H and O–H groups in total. The van der Waals surface area contributed by atoms with E-state index in [0.717, 1.165) is 4.90 Å². The number of carbonyl (C=O) groups excluding carboxylic acids is 1. The average molecular weight is 476 g/mol. The van der Waals surface area contributed by atoms with Crippen molar-refractivity contribution in [2.45, 2.75) is 72.3 Å². The number of thioether (sulfide) groups is 1. The number of benzene rings is 1. The van der Waals surface area contributed by atoms with Crippen molar-refractivity contribution < 1.29 is 49.6 Å². The van der Waals surface area contributed by atoms with Gasteiger partial charge < -0.3 is 50.2 Å². The Bertz CT molecular complexity index is 740. The molecule has 0 bridgehead atoms. The van der Waals surface area contributed by atoms with E-state index in [9.17, 15) is 35.4 Å². The number of hydrogen-bond acceptors (Lipinski definition) is 11. The summed E-state index contributed by atoms with van der Waals surface area (Å²) in [5.41, 5.74) is -0.775. The van der Waals surface area contributed by atoms with Gasteiger partial charge in [-0.1, -0.05) is 30.0 Å². The summed E-state index contributed by atoms with van der Waals surface area (Å²) in [5.74, 6) is -0.426. The van der Waals surface area contributed by atoms with Crippen LogP contribution < -0.4 is 5.32 Å². The first kappa shape index (κ1) is 25.3. The molecule has 10 atom stereocenters. The van der Waals surface area contributed by atoms with E-state index < -0.39 is 79.6 Å². The molecule has 2 saturated heterocycles. The van der Waals surface area contributed by atoms with Crippen LogP contribution >= 0.6 is 11.8 Å². The highest BCUT2D eigenvalue weighted by Gasteiger charge is 2.51. The van der Waals surface area contributed by atoms with Crippen molar-refractivity contribution in [2.75, 3.05) is 13.2 Å². The van der Waals surface area contributed by atoms with Crippen LogP contribution in [0.2, 0.25) is 0 Å². The molecule has 1 aromatic carbocycles. The summed E-state index contributed by atoms with van der Waals surface area (Å²) in [7, 11) is 0. The fourth-order valence-corrected chi connectivity index (χ4v) is 4.85. The molecule has 0 saturated carbocycles. The van der Waals surface area contributed by atoms with Crippen LogP contribution in [-0.2, 0) is 19.0 Å². The van der Waals surface area contributed by atoms with E-state index in [1.54, 1.807) is 0 Å². The Hall–Kier alpha value is -1.32. The van der Waals surface area contributed by atoms with Gasteiger partial charge in [0.05, 0.1) is 19.3 Å². The fraction of sp³-hybridized carbons (Fsp3) is 0.650. The Morgan fingerprint density at radius 3 is 2.22 bits per heavy atom. The molecule has 3 rings (SSSR count). The van der Waals surface area contributed by atoms with Crippen LogP contribution in [0.3, 0.4) is 0 Å². The minimum atomic E-state index is -1.70. The molecule has 1 amide bonds. The number of hydrogen-bond donors (Lipinski definition) is 7. The molecule has 1 aromatic rings. The number of aliphatic hydroxyl groups is 6. The van der Waals surface area contributed by atoms with E-state index in [2.05, 4.69) is 5.32 Å². The summed E-state index contributed by atoms with van der Waals surface area (Å²) in [4.78, 5) is 12.6. The average Bonchev–Trinajstić information content (AvgIpc) is 2.78. The maximum atomic E-state index is 11.8. The van der Waals surface area contributed by atoms with E-state index in [-0.39, 0.29) is 0 Å². The molecule has 0 spiro atoms. The highest BCUT2D eigenvalue weighted by Crippen LogP contribution is 2.35. The number of amides is 1. The second-order valence-electron chi connectivity index (χ2n) is 7.67.